The summed E-state index contributed by atoms with van der Waals surface area (Å²) in [6, 6.07) is 14.1. The maximum atomic E-state index is 12.7. The summed E-state index contributed by atoms with van der Waals surface area (Å²) in [6.07, 6.45) is 2.97. The van der Waals surface area contributed by atoms with Crippen molar-refractivity contribution in [1.29, 1.82) is 0 Å². The lowest BCUT2D eigenvalue weighted by atomic mass is 9.78. The highest BCUT2D eigenvalue weighted by atomic mass is 32.2. The van der Waals surface area contributed by atoms with Gasteiger partial charge in [-0.15, -0.1) is 11.3 Å². The molecule has 1 heterocycles. The Labute approximate surface area is 183 Å². The van der Waals surface area contributed by atoms with Gasteiger partial charge in [-0.1, -0.05) is 54.4 Å². The molecule has 0 aliphatic heterocycles. The Kier molecular flexibility index (Phi) is 6.39. The highest BCUT2D eigenvalue weighted by molar-refractivity contribution is 8.00. The average molecular weight is 441 g/mol. The molecule has 1 aliphatic rings. The zero-order valence-electron chi connectivity index (χ0n) is 16.8. The quantitative estimate of drug-likeness (QED) is 0.479. The molecule has 7 heteroatoms. The minimum Gasteiger partial charge on any atom is -0.481 e. The number of carboxylic acid groups (broad SMARTS) is 1. The van der Waals surface area contributed by atoms with Crippen LogP contribution in [0.25, 0.3) is 10.2 Å². The lowest BCUT2D eigenvalue weighted by molar-refractivity contribution is -0.147. The Balaban J connectivity index is 1.44. The second kappa shape index (κ2) is 9.18. The van der Waals surface area contributed by atoms with E-state index in [9.17, 15) is 14.7 Å². The summed E-state index contributed by atoms with van der Waals surface area (Å²) in [5, 5.41) is 12.4. The van der Waals surface area contributed by atoms with E-state index in [0.717, 1.165) is 33.2 Å². The standard InChI is InChI=1S/C23H24N2O3S2/c1-14-5-4-6-15(11-14)13-29-23-25-19-10-9-16(12-20(19)30-23)24-21(26)17-7-2-3-8-18(17)22(27)28/h4-6,9-12,17-18H,2-3,7-8,13H2,1H3,(H,24,26)(H,27,28)/t17-,18-/m0/s1. The second-order valence-electron chi connectivity index (χ2n) is 7.76. The van der Waals surface area contributed by atoms with Crippen molar-refractivity contribution in [2.75, 3.05) is 5.32 Å². The third-order valence-electron chi connectivity index (χ3n) is 5.50. The van der Waals surface area contributed by atoms with Gasteiger partial charge in [-0.3, -0.25) is 9.59 Å². The largest absolute Gasteiger partial charge is 0.481 e. The molecular weight excluding hydrogens is 416 g/mol. The molecule has 4 rings (SSSR count). The molecule has 0 unspecified atom stereocenters. The van der Waals surface area contributed by atoms with Crippen molar-refractivity contribution in [2.24, 2.45) is 11.8 Å². The van der Waals surface area contributed by atoms with Gasteiger partial charge in [0.2, 0.25) is 5.91 Å². The van der Waals surface area contributed by atoms with Gasteiger partial charge in [0.1, 0.15) is 0 Å². The molecule has 2 aromatic carbocycles. The van der Waals surface area contributed by atoms with Crippen LogP contribution in [0.2, 0.25) is 0 Å². The number of aliphatic carboxylic acids is 1. The van der Waals surface area contributed by atoms with Gasteiger partial charge in [0.15, 0.2) is 4.34 Å². The number of rotatable bonds is 6. The Bertz CT molecular complexity index is 1080. The number of fused-ring (bicyclic) bond motifs is 1. The Morgan fingerprint density at radius 3 is 2.73 bits per heavy atom. The predicted molar refractivity (Wildman–Crippen MR) is 122 cm³/mol. The van der Waals surface area contributed by atoms with Crippen LogP contribution in [0.5, 0.6) is 0 Å². The highest BCUT2D eigenvalue weighted by Gasteiger charge is 2.35. The molecule has 5 nitrogen and oxygen atoms in total. The number of thioether (sulfide) groups is 1. The van der Waals surface area contributed by atoms with Crippen LogP contribution in [0.3, 0.4) is 0 Å². The normalized spacial score (nSPS) is 19.0. The number of nitrogens with one attached hydrogen (secondary N) is 1. The zero-order valence-corrected chi connectivity index (χ0v) is 18.4. The maximum absolute atomic E-state index is 12.7. The summed E-state index contributed by atoms with van der Waals surface area (Å²) in [5.74, 6) is -1.25. The number of carboxylic acids is 1. The number of hydrogen-bond donors (Lipinski definition) is 2. The number of thiazole rings is 1. The van der Waals surface area contributed by atoms with E-state index in [1.807, 2.05) is 18.2 Å². The van der Waals surface area contributed by atoms with Crippen molar-refractivity contribution < 1.29 is 14.7 Å². The van der Waals surface area contributed by atoms with Gasteiger partial charge in [0.05, 0.1) is 22.1 Å². The van der Waals surface area contributed by atoms with Crippen LogP contribution in [0.4, 0.5) is 5.69 Å². The number of carbonyl (C=O) groups excluding carboxylic acids is 1. The van der Waals surface area contributed by atoms with Crippen LogP contribution < -0.4 is 5.32 Å². The number of amides is 1. The minimum absolute atomic E-state index is 0.194. The number of nitrogens with zero attached hydrogens (tertiary/aromatic N) is 1. The number of aromatic nitrogens is 1. The van der Waals surface area contributed by atoms with Gasteiger partial charge in [-0.25, -0.2) is 4.98 Å². The van der Waals surface area contributed by atoms with Crippen molar-refractivity contribution in [3.8, 4) is 0 Å². The van der Waals surface area contributed by atoms with E-state index in [4.69, 9.17) is 0 Å². The van der Waals surface area contributed by atoms with Crippen LogP contribution in [-0.4, -0.2) is 22.0 Å². The molecule has 30 heavy (non-hydrogen) atoms. The predicted octanol–water partition coefficient (Wildman–Crippen LogP) is 5.73. The smallest absolute Gasteiger partial charge is 0.307 e. The summed E-state index contributed by atoms with van der Waals surface area (Å²) in [7, 11) is 0. The first-order valence-corrected chi connectivity index (χ1v) is 11.9. The van der Waals surface area contributed by atoms with E-state index < -0.39 is 17.8 Å². The molecule has 1 aliphatic carbocycles. The fourth-order valence-corrected chi connectivity index (χ4v) is 6.02. The molecule has 0 bridgehead atoms. The summed E-state index contributed by atoms with van der Waals surface area (Å²) in [4.78, 5) is 28.9. The average Bonchev–Trinajstić information content (AvgIpc) is 3.14. The number of carbonyl (C=O) groups is 2. The first kappa shape index (κ1) is 20.9. The Hall–Kier alpha value is -2.38. The van der Waals surface area contributed by atoms with Gasteiger partial charge in [-0.05, 0) is 43.5 Å². The van der Waals surface area contributed by atoms with Gasteiger partial charge in [0.25, 0.3) is 0 Å². The summed E-state index contributed by atoms with van der Waals surface area (Å²) in [6.45, 7) is 2.09. The van der Waals surface area contributed by atoms with Gasteiger partial charge >= 0.3 is 5.97 Å². The molecule has 1 amide bonds. The van der Waals surface area contributed by atoms with Gasteiger partial charge in [-0.2, -0.15) is 0 Å². The first-order valence-electron chi connectivity index (χ1n) is 10.1. The molecule has 1 fully saturated rings. The van der Waals surface area contributed by atoms with E-state index in [0.29, 0.717) is 18.5 Å². The van der Waals surface area contributed by atoms with Crippen LogP contribution >= 0.6 is 23.1 Å². The zero-order chi connectivity index (χ0) is 21.1. The van der Waals surface area contributed by atoms with E-state index in [1.54, 1.807) is 23.1 Å². The number of aryl methyl sites for hydroxylation is 1. The SMILES string of the molecule is Cc1cccc(CSc2nc3ccc(NC(=O)[C@H]4CCCC[C@@H]4C(=O)O)cc3s2)c1. The first-order chi connectivity index (χ1) is 14.5. The van der Waals surface area contributed by atoms with Crippen molar-refractivity contribution in [3.05, 3.63) is 53.6 Å². The van der Waals surface area contributed by atoms with Gasteiger partial charge < -0.3 is 10.4 Å². The second-order valence-corrected chi connectivity index (χ2v) is 10.0. The molecule has 3 aromatic rings. The molecule has 1 aromatic heterocycles. The molecule has 0 radical (unpaired) electrons. The van der Waals surface area contributed by atoms with Crippen LogP contribution in [-0.2, 0) is 15.3 Å². The van der Waals surface area contributed by atoms with Crippen LogP contribution in [0.1, 0.15) is 36.8 Å². The molecule has 2 atom stereocenters. The fraction of sp³-hybridized carbons (Fsp3) is 0.348. The maximum Gasteiger partial charge on any atom is 0.307 e. The molecule has 0 saturated heterocycles. The lowest BCUT2D eigenvalue weighted by Crippen LogP contribution is -2.36. The third-order valence-corrected chi connectivity index (χ3v) is 7.73. The number of benzene rings is 2. The topological polar surface area (TPSA) is 79.3 Å². The van der Waals surface area contributed by atoms with Crippen molar-refractivity contribution in [2.45, 2.75) is 42.7 Å². The number of hydrogen-bond acceptors (Lipinski definition) is 5. The van der Waals surface area contributed by atoms with Crippen molar-refractivity contribution in [1.82, 2.24) is 4.98 Å². The summed E-state index contributed by atoms with van der Waals surface area (Å²) < 4.78 is 2.01. The molecule has 0 spiro atoms. The Morgan fingerprint density at radius 2 is 1.97 bits per heavy atom. The Morgan fingerprint density at radius 1 is 1.17 bits per heavy atom. The fourth-order valence-electron chi connectivity index (χ4n) is 3.97. The molecule has 156 valence electrons. The molecular formula is C23H24N2O3S2. The third kappa shape index (κ3) is 4.84. The van der Waals surface area contributed by atoms with Crippen LogP contribution in [0.15, 0.2) is 46.8 Å². The highest BCUT2D eigenvalue weighted by Crippen LogP contribution is 2.34. The minimum atomic E-state index is -0.872. The van der Waals surface area contributed by atoms with E-state index >= 15 is 0 Å². The molecule has 2 N–H and O–H groups in total. The van der Waals surface area contributed by atoms with E-state index in [1.165, 1.54) is 11.1 Å². The van der Waals surface area contributed by atoms with Crippen molar-refractivity contribution >= 4 is 50.9 Å². The van der Waals surface area contributed by atoms with Crippen LogP contribution in [0, 0.1) is 18.8 Å². The number of anilines is 1. The summed E-state index contributed by atoms with van der Waals surface area (Å²) >= 11 is 3.32. The van der Waals surface area contributed by atoms with Gasteiger partial charge in [0, 0.05) is 11.4 Å². The molecule has 1 saturated carbocycles. The summed E-state index contributed by atoms with van der Waals surface area (Å²) in [5.41, 5.74) is 4.13. The monoisotopic (exact) mass is 440 g/mol. The van der Waals surface area contributed by atoms with E-state index in [2.05, 4.69) is 41.5 Å². The van der Waals surface area contributed by atoms with Crippen molar-refractivity contribution in [3.63, 3.8) is 0 Å². The lowest BCUT2D eigenvalue weighted by Gasteiger charge is -2.27. The van der Waals surface area contributed by atoms with E-state index in [-0.39, 0.29) is 5.91 Å².